The zero-order valence-corrected chi connectivity index (χ0v) is 13.1. The molecule has 1 N–H and O–H groups in total. The number of aromatic hydroxyl groups is 1. The molecule has 0 aromatic heterocycles. The number of hydrogen-bond donors (Lipinski definition) is 1. The predicted octanol–water partition coefficient (Wildman–Crippen LogP) is 0.564. The Morgan fingerprint density at radius 2 is 1.86 bits per heavy atom. The van der Waals surface area contributed by atoms with Crippen molar-refractivity contribution < 1.29 is 23.1 Å². The van der Waals surface area contributed by atoms with Crippen LogP contribution in [0.3, 0.4) is 0 Å². The van der Waals surface area contributed by atoms with E-state index < -0.39 is 16.2 Å². The molecule has 0 aliphatic heterocycles. The number of para-hydroxylation sites is 1. The van der Waals surface area contributed by atoms with Crippen LogP contribution in [0.5, 0.6) is 5.75 Å². The number of ether oxygens (including phenoxy) is 1. The molecular weight excluding hydrogens is 296 g/mol. The van der Waals surface area contributed by atoms with E-state index in [2.05, 4.69) is 4.74 Å². The van der Waals surface area contributed by atoms with Gasteiger partial charge < -0.3 is 9.84 Å². The van der Waals surface area contributed by atoms with Crippen LogP contribution < -0.4 is 0 Å². The number of esters is 1. The molecule has 7 nitrogen and oxygen atoms in total. The Labute approximate surface area is 124 Å². The highest BCUT2D eigenvalue weighted by atomic mass is 32.2. The third-order valence-electron chi connectivity index (χ3n) is 3.03. The largest absolute Gasteiger partial charge is 0.508 e. The summed E-state index contributed by atoms with van der Waals surface area (Å²) in [6.45, 7) is 0.0672. The van der Waals surface area contributed by atoms with E-state index in [1.165, 1.54) is 27.3 Å². The highest BCUT2D eigenvalue weighted by Crippen LogP contribution is 2.19. The van der Waals surface area contributed by atoms with Crippen LogP contribution in [0, 0.1) is 0 Å². The van der Waals surface area contributed by atoms with Crippen molar-refractivity contribution in [1.82, 2.24) is 8.61 Å². The third kappa shape index (κ3) is 4.69. The SMILES string of the molecule is COC(=O)CCN(C)S(=O)(=O)N(C)Cc1ccccc1O. The van der Waals surface area contributed by atoms with Crippen molar-refractivity contribution in [3.05, 3.63) is 29.8 Å². The van der Waals surface area contributed by atoms with E-state index in [1.54, 1.807) is 18.2 Å². The van der Waals surface area contributed by atoms with Gasteiger partial charge in [-0.3, -0.25) is 4.79 Å². The second-order valence-electron chi connectivity index (χ2n) is 4.54. The Balaban J connectivity index is 2.73. The topological polar surface area (TPSA) is 87.2 Å². The fourth-order valence-corrected chi connectivity index (χ4v) is 2.77. The quantitative estimate of drug-likeness (QED) is 0.743. The van der Waals surface area contributed by atoms with Gasteiger partial charge in [0.1, 0.15) is 5.75 Å². The Morgan fingerprint density at radius 1 is 1.24 bits per heavy atom. The summed E-state index contributed by atoms with van der Waals surface area (Å²) in [6.07, 6.45) is -0.0172. The van der Waals surface area contributed by atoms with Crippen LogP contribution in [0.1, 0.15) is 12.0 Å². The number of rotatable bonds is 7. The van der Waals surface area contributed by atoms with Crippen LogP contribution in [0.15, 0.2) is 24.3 Å². The number of methoxy groups -OCH3 is 1. The average Bonchev–Trinajstić information content (AvgIpc) is 2.46. The van der Waals surface area contributed by atoms with Gasteiger partial charge in [0, 0.05) is 32.7 Å². The molecule has 1 aromatic carbocycles. The maximum Gasteiger partial charge on any atom is 0.306 e. The van der Waals surface area contributed by atoms with Gasteiger partial charge in [-0.15, -0.1) is 0 Å². The summed E-state index contributed by atoms with van der Waals surface area (Å²) in [7, 11) is 0.343. The standard InChI is InChI=1S/C13H20N2O5S/c1-14(9-8-13(17)20-3)21(18,19)15(2)10-11-6-4-5-7-12(11)16/h4-7,16H,8-10H2,1-3H3. The van der Waals surface area contributed by atoms with Crippen LogP contribution in [-0.2, 0) is 26.3 Å². The Morgan fingerprint density at radius 3 is 2.43 bits per heavy atom. The monoisotopic (exact) mass is 316 g/mol. The normalized spacial score (nSPS) is 11.9. The molecule has 0 saturated heterocycles. The average molecular weight is 316 g/mol. The van der Waals surface area contributed by atoms with Gasteiger partial charge in [0.25, 0.3) is 10.2 Å². The van der Waals surface area contributed by atoms with Gasteiger partial charge in [-0.05, 0) is 6.07 Å². The molecule has 0 bridgehead atoms. The van der Waals surface area contributed by atoms with Crippen LogP contribution in [0.25, 0.3) is 0 Å². The summed E-state index contributed by atoms with van der Waals surface area (Å²) >= 11 is 0. The Bertz CT molecular complexity index is 588. The molecule has 0 saturated carbocycles. The van der Waals surface area contributed by atoms with Crippen molar-refractivity contribution in [3.8, 4) is 5.75 Å². The fourth-order valence-electron chi connectivity index (χ4n) is 1.67. The zero-order valence-electron chi connectivity index (χ0n) is 12.3. The van der Waals surface area contributed by atoms with Crippen LogP contribution in [-0.4, -0.2) is 55.9 Å². The fraction of sp³-hybridized carbons (Fsp3) is 0.462. The van der Waals surface area contributed by atoms with Gasteiger partial charge in [-0.1, -0.05) is 18.2 Å². The number of benzene rings is 1. The molecule has 1 rings (SSSR count). The first kappa shape index (κ1) is 17.4. The highest BCUT2D eigenvalue weighted by molar-refractivity contribution is 7.86. The van der Waals surface area contributed by atoms with Gasteiger partial charge in [0.05, 0.1) is 13.5 Å². The molecule has 21 heavy (non-hydrogen) atoms. The van der Waals surface area contributed by atoms with E-state index in [-0.39, 0.29) is 25.3 Å². The molecule has 1 aromatic rings. The molecule has 0 unspecified atom stereocenters. The molecule has 8 heteroatoms. The predicted molar refractivity (Wildman–Crippen MR) is 77.8 cm³/mol. The lowest BCUT2D eigenvalue weighted by atomic mass is 10.2. The molecule has 0 amide bonds. The van der Waals surface area contributed by atoms with E-state index in [1.807, 2.05) is 0 Å². The summed E-state index contributed by atoms with van der Waals surface area (Å²) in [5.74, 6) is -0.433. The maximum absolute atomic E-state index is 12.3. The first-order valence-corrected chi connectivity index (χ1v) is 7.70. The second kappa shape index (κ2) is 7.39. The molecule has 118 valence electrons. The molecule has 0 aliphatic carbocycles. The molecule has 0 fully saturated rings. The molecule has 0 heterocycles. The number of phenols is 1. The van der Waals surface area contributed by atoms with E-state index in [0.717, 1.165) is 8.61 Å². The number of carbonyl (C=O) groups is 1. The molecule has 0 atom stereocenters. The Kier molecular flexibility index (Phi) is 6.13. The second-order valence-corrected chi connectivity index (χ2v) is 6.68. The van der Waals surface area contributed by atoms with E-state index in [4.69, 9.17) is 0 Å². The number of hydrogen-bond acceptors (Lipinski definition) is 5. The van der Waals surface area contributed by atoms with Gasteiger partial charge in [0.2, 0.25) is 0 Å². The van der Waals surface area contributed by atoms with Crippen LogP contribution in [0.4, 0.5) is 0 Å². The summed E-state index contributed by atoms with van der Waals surface area (Å²) in [4.78, 5) is 11.1. The minimum atomic E-state index is -3.71. The first-order valence-electron chi connectivity index (χ1n) is 6.30. The van der Waals surface area contributed by atoms with Crippen LogP contribution >= 0.6 is 0 Å². The minimum Gasteiger partial charge on any atom is -0.508 e. The lowest BCUT2D eigenvalue weighted by Gasteiger charge is -2.24. The highest BCUT2D eigenvalue weighted by Gasteiger charge is 2.24. The van der Waals surface area contributed by atoms with Crippen molar-refractivity contribution in [2.45, 2.75) is 13.0 Å². The molecule has 0 spiro atoms. The number of phenolic OH excluding ortho intramolecular Hbond substituents is 1. The van der Waals surface area contributed by atoms with Crippen molar-refractivity contribution in [2.24, 2.45) is 0 Å². The van der Waals surface area contributed by atoms with Crippen LogP contribution in [0.2, 0.25) is 0 Å². The third-order valence-corrected chi connectivity index (χ3v) is 4.92. The summed E-state index contributed by atoms with van der Waals surface area (Å²) in [5.41, 5.74) is 0.505. The molecule has 0 radical (unpaired) electrons. The number of carbonyl (C=O) groups excluding carboxylic acids is 1. The minimum absolute atomic E-state index is 0.0172. The van der Waals surface area contributed by atoms with Gasteiger partial charge in [0.15, 0.2) is 0 Å². The van der Waals surface area contributed by atoms with Gasteiger partial charge in [-0.25, -0.2) is 0 Å². The van der Waals surface area contributed by atoms with Gasteiger partial charge >= 0.3 is 5.97 Å². The summed E-state index contributed by atoms with van der Waals surface area (Å²) in [5, 5.41) is 9.68. The zero-order chi connectivity index (χ0) is 16.0. The van der Waals surface area contributed by atoms with E-state index >= 15 is 0 Å². The van der Waals surface area contributed by atoms with Crippen molar-refractivity contribution in [1.29, 1.82) is 0 Å². The van der Waals surface area contributed by atoms with Gasteiger partial charge in [-0.2, -0.15) is 17.0 Å². The smallest absolute Gasteiger partial charge is 0.306 e. The lowest BCUT2D eigenvalue weighted by molar-refractivity contribution is -0.140. The summed E-state index contributed by atoms with van der Waals surface area (Å²) in [6, 6.07) is 6.53. The first-order chi connectivity index (χ1) is 9.78. The Hall–Kier alpha value is -1.64. The van der Waals surface area contributed by atoms with Crippen molar-refractivity contribution in [2.75, 3.05) is 27.7 Å². The molecule has 0 aliphatic rings. The summed E-state index contributed by atoms with van der Waals surface area (Å²) < 4.78 is 31.2. The maximum atomic E-state index is 12.3. The van der Waals surface area contributed by atoms with E-state index in [9.17, 15) is 18.3 Å². The van der Waals surface area contributed by atoms with Crippen molar-refractivity contribution in [3.63, 3.8) is 0 Å². The van der Waals surface area contributed by atoms with Crippen molar-refractivity contribution >= 4 is 16.2 Å². The number of nitrogens with zero attached hydrogens (tertiary/aromatic N) is 2. The van der Waals surface area contributed by atoms with E-state index in [0.29, 0.717) is 5.56 Å². The molecular formula is C13H20N2O5S. The lowest BCUT2D eigenvalue weighted by Crippen LogP contribution is -2.40.